The third-order valence-electron chi connectivity index (χ3n) is 4.15. The summed E-state index contributed by atoms with van der Waals surface area (Å²) in [6.45, 7) is 8.45. The molecule has 1 heterocycles. The minimum absolute atomic E-state index is 0.0298. The van der Waals surface area contributed by atoms with Crippen LogP contribution in [0.2, 0.25) is 0 Å². The maximum absolute atomic E-state index is 10.7. The number of piperidine rings is 1. The monoisotopic (exact) mass is 277 g/mol. The molecule has 0 amide bonds. The van der Waals surface area contributed by atoms with Gasteiger partial charge in [0.2, 0.25) is 0 Å². The lowest BCUT2D eigenvalue weighted by Crippen LogP contribution is -3.07. The third kappa shape index (κ3) is 2.86. The van der Waals surface area contributed by atoms with Gasteiger partial charge in [0.05, 0.1) is 23.3 Å². The molecule has 1 aliphatic rings. The Kier molecular flexibility index (Phi) is 3.89. The lowest BCUT2D eigenvalue weighted by molar-refractivity contribution is -0.787. The number of hydrogen-bond donors (Lipinski definition) is 3. The largest absolute Gasteiger partial charge is 0.411 e. The molecule has 1 aromatic rings. The zero-order chi connectivity index (χ0) is 15.0. The first-order chi connectivity index (χ1) is 9.27. The van der Waals surface area contributed by atoms with Gasteiger partial charge < -0.3 is 15.6 Å². The van der Waals surface area contributed by atoms with Gasteiger partial charge in [-0.3, -0.25) is 0 Å². The van der Waals surface area contributed by atoms with E-state index in [1.165, 1.54) is 0 Å². The molecule has 4 heteroatoms. The third-order valence-corrected chi connectivity index (χ3v) is 4.15. The highest BCUT2D eigenvalue weighted by molar-refractivity contribution is 5.89. The van der Waals surface area contributed by atoms with Crippen LogP contribution < -0.4 is 5.32 Å². The summed E-state index contributed by atoms with van der Waals surface area (Å²) < 4.78 is 0. The van der Waals surface area contributed by atoms with Crippen LogP contribution in [0.15, 0.2) is 35.5 Å². The Labute approximate surface area is 120 Å². The van der Waals surface area contributed by atoms with Crippen LogP contribution in [0, 0.1) is 5.92 Å². The Hall–Kier alpha value is -1.39. The van der Waals surface area contributed by atoms with Gasteiger partial charge in [0.15, 0.2) is 0 Å². The number of nitrogens with zero attached hydrogens (tertiary/aromatic N) is 1. The normalized spacial score (nSPS) is 28.2. The van der Waals surface area contributed by atoms with Crippen LogP contribution >= 0.6 is 0 Å². The number of quaternary nitrogens is 1. The Morgan fingerprint density at radius 3 is 2.35 bits per heavy atom. The molecule has 2 rings (SSSR count). The van der Waals surface area contributed by atoms with Gasteiger partial charge in [-0.05, 0) is 33.3 Å². The van der Waals surface area contributed by atoms with Crippen molar-refractivity contribution in [3.8, 4) is 0 Å². The summed E-state index contributed by atoms with van der Waals surface area (Å²) in [6.07, 6.45) is 0.00560. The Bertz CT molecular complexity index is 494. The molecule has 1 aromatic carbocycles. The molecule has 2 unspecified atom stereocenters. The SMILES string of the molecule is CC1(C)CC(=NO)C(C(O)c2ccccc2)C(C)(C)[NH2+]1. The van der Waals surface area contributed by atoms with Crippen molar-refractivity contribution in [2.75, 3.05) is 0 Å². The molecule has 0 bridgehead atoms. The highest BCUT2D eigenvalue weighted by Gasteiger charge is 2.51. The number of aliphatic hydroxyl groups is 1. The molecule has 20 heavy (non-hydrogen) atoms. The van der Waals surface area contributed by atoms with Gasteiger partial charge in [0.25, 0.3) is 0 Å². The molecule has 1 aliphatic heterocycles. The molecule has 0 aliphatic carbocycles. The molecule has 0 radical (unpaired) electrons. The number of hydrogen-bond acceptors (Lipinski definition) is 3. The van der Waals surface area contributed by atoms with E-state index >= 15 is 0 Å². The van der Waals surface area contributed by atoms with Crippen LogP contribution in [0.4, 0.5) is 0 Å². The van der Waals surface area contributed by atoms with E-state index in [1.54, 1.807) is 0 Å². The number of benzene rings is 1. The lowest BCUT2D eigenvalue weighted by atomic mass is 9.69. The average Bonchev–Trinajstić information content (AvgIpc) is 2.36. The molecular formula is C16H25N2O2+. The molecule has 2 atom stereocenters. The van der Waals surface area contributed by atoms with Gasteiger partial charge in [0, 0.05) is 6.42 Å². The minimum Gasteiger partial charge on any atom is -0.411 e. The summed E-state index contributed by atoms with van der Waals surface area (Å²) in [5, 5.41) is 25.9. The lowest BCUT2D eigenvalue weighted by Gasteiger charge is -2.46. The van der Waals surface area contributed by atoms with Gasteiger partial charge >= 0.3 is 0 Å². The fraction of sp³-hybridized carbons (Fsp3) is 0.562. The van der Waals surface area contributed by atoms with E-state index < -0.39 is 6.10 Å². The van der Waals surface area contributed by atoms with Crippen LogP contribution in [0.3, 0.4) is 0 Å². The highest BCUT2D eigenvalue weighted by Crippen LogP contribution is 2.35. The maximum Gasteiger partial charge on any atom is 0.102 e. The van der Waals surface area contributed by atoms with Crippen molar-refractivity contribution >= 4 is 5.71 Å². The van der Waals surface area contributed by atoms with Gasteiger partial charge in [-0.15, -0.1) is 0 Å². The van der Waals surface area contributed by atoms with E-state index in [9.17, 15) is 10.3 Å². The Balaban J connectivity index is 2.38. The second-order valence-electron chi connectivity index (χ2n) is 7.06. The topological polar surface area (TPSA) is 69.4 Å². The predicted octanol–water partition coefficient (Wildman–Crippen LogP) is 1.69. The number of aliphatic hydroxyl groups excluding tert-OH is 1. The van der Waals surface area contributed by atoms with Crippen molar-refractivity contribution in [3.05, 3.63) is 35.9 Å². The van der Waals surface area contributed by atoms with Gasteiger partial charge in [-0.25, -0.2) is 0 Å². The molecule has 4 N–H and O–H groups in total. The summed E-state index contributed by atoms with van der Waals surface area (Å²) in [4.78, 5) is 0. The van der Waals surface area contributed by atoms with Crippen LogP contribution in [-0.2, 0) is 0 Å². The number of rotatable bonds is 2. The first-order valence-corrected chi connectivity index (χ1v) is 7.08. The van der Waals surface area contributed by atoms with Gasteiger partial charge in [0.1, 0.15) is 5.54 Å². The summed E-state index contributed by atoms with van der Waals surface area (Å²) in [6, 6.07) is 9.58. The van der Waals surface area contributed by atoms with Crippen molar-refractivity contribution < 1.29 is 15.6 Å². The van der Waals surface area contributed by atoms with Crippen molar-refractivity contribution in [1.82, 2.24) is 0 Å². The van der Waals surface area contributed by atoms with E-state index in [-0.39, 0.29) is 17.0 Å². The van der Waals surface area contributed by atoms with Crippen molar-refractivity contribution in [3.63, 3.8) is 0 Å². The minimum atomic E-state index is -0.663. The van der Waals surface area contributed by atoms with E-state index in [4.69, 9.17) is 0 Å². The number of oxime groups is 1. The summed E-state index contributed by atoms with van der Waals surface area (Å²) >= 11 is 0. The van der Waals surface area contributed by atoms with Gasteiger partial charge in [-0.2, -0.15) is 0 Å². The molecule has 4 nitrogen and oxygen atoms in total. The standard InChI is InChI=1S/C16H24N2O2/c1-15(2)10-12(17-20)13(16(3,4)18-15)14(19)11-8-6-5-7-9-11/h5-9,13-14,18-20H,10H2,1-4H3/p+1. The fourth-order valence-corrected chi connectivity index (χ4v) is 3.68. The second kappa shape index (κ2) is 5.19. The fourth-order valence-electron chi connectivity index (χ4n) is 3.68. The van der Waals surface area contributed by atoms with Crippen molar-refractivity contribution in [1.29, 1.82) is 0 Å². The van der Waals surface area contributed by atoms with E-state index in [2.05, 4.69) is 38.2 Å². The molecule has 1 saturated heterocycles. The average molecular weight is 277 g/mol. The first-order valence-electron chi connectivity index (χ1n) is 7.08. The van der Waals surface area contributed by atoms with E-state index in [0.29, 0.717) is 12.1 Å². The Morgan fingerprint density at radius 1 is 1.20 bits per heavy atom. The second-order valence-corrected chi connectivity index (χ2v) is 7.06. The summed E-state index contributed by atoms with van der Waals surface area (Å²) in [5.74, 6) is -0.206. The molecule has 110 valence electrons. The predicted molar refractivity (Wildman–Crippen MR) is 78.8 cm³/mol. The number of nitrogens with two attached hydrogens (primary N) is 1. The van der Waals surface area contributed by atoms with Crippen LogP contribution in [0.1, 0.15) is 45.8 Å². The molecule has 1 fully saturated rings. The molecule has 0 saturated carbocycles. The van der Waals surface area contributed by atoms with Crippen LogP contribution in [0.25, 0.3) is 0 Å². The van der Waals surface area contributed by atoms with E-state index in [1.807, 2.05) is 30.3 Å². The zero-order valence-electron chi connectivity index (χ0n) is 12.7. The zero-order valence-corrected chi connectivity index (χ0v) is 12.7. The molecule has 0 spiro atoms. The molecule has 0 aromatic heterocycles. The smallest absolute Gasteiger partial charge is 0.102 e. The van der Waals surface area contributed by atoms with Crippen LogP contribution in [-0.4, -0.2) is 27.1 Å². The van der Waals surface area contributed by atoms with Crippen molar-refractivity contribution in [2.24, 2.45) is 11.1 Å². The summed E-state index contributed by atoms with van der Waals surface area (Å²) in [5.41, 5.74) is 1.27. The highest BCUT2D eigenvalue weighted by atomic mass is 16.4. The maximum atomic E-state index is 10.7. The van der Waals surface area contributed by atoms with E-state index in [0.717, 1.165) is 5.56 Å². The van der Waals surface area contributed by atoms with Gasteiger partial charge in [-0.1, -0.05) is 35.5 Å². The first kappa shape index (κ1) is 15.0. The molecular weight excluding hydrogens is 252 g/mol. The Morgan fingerprint density at radius 2 is 1.80 bits per heavy atom. The van der Waals surface area contributed by atoms with Crippen LogP contribution in [0.5, 0.6) is 0 Å². The quantitative estimate of drug-likeness (QED) is 0.569. The summed E-state index contributed by atoms with van der Waals surface area (Å²) in [7, 11) is 0. The van der Waals surface area contributed by atoms with Crippen molar-refractivity contribution in [2.45, 2.75) is 51.3 Å².